The van der Waals surface area contributed by atoms with E-state index in [1.165, 1.54) is 61.1 Å². The molecule has 0 saturated carbocycles. The van der Waals surface area contributed by atoms with Gasteiger partial charge in [0.05, 0.1) is 12.8 Å². The summed E-state index contributed by atoms with van der Waals surface area (Å²) in [6.45, 7) is 2.10. The summed E-state index contributed by atoms with van der Waals surface area (Å²) in [4.78, 5) is 36.8. The first-order valence-corrected chi connectivity index (χ1v) is 11.1. The second-order valence-electron chi connectivity index (χ2n) is 7.62. The van der Waals surface area contributed by atoms with Gasteiger partial charge in [0, 0.05) is 29.3 Å². The lowest BCUT2D eigenvalue weighted by atomic mass is 10.0. The average Bonchev–Trinajstić information content (AvgIpc) is 2.89. The van der Waals surface area contributed by atoms with Crippen LogP contribution in [0.4, 0.5) is 20.2 Å². The van der Waals surface area contributed by atoms with Gasteiger partial charge in [0.2, 0.25) is 0 Å². The summed E-state index contributed by atoms with van der Waals surface area (Å²) in [6, 6.07) is 16.0. The number of carbonyl (C=O) groups is 2. The van der Waals surface area contributed by atoms with Gasteiger partial charge in [0.25, 0.3) is 11.8 Å². The van der Waals surface area contributed by atoms with E-state index in [-0.39, 0.29) is 11.4 Å². The summed E-state index contributed by atoms with van der Waals surface area (Å²) in [7, 11) is 0. The fraction of sp³-hybridized carbons (Fsp3) is 0.111. The van der Waals surface area contributed by atoms with Gasteiger partial charge < -0.3 is 10.1 Å². The van der Waals surface area contributed by atoms with Crippen LogP contribution in [-0.2, 0) is 4.79 Å². The molecule has 4 rings (SSSR count). The second kappa shape index (κ2) is 11.2. The lowest BCUT2D eigenvalue weighted by molar-refractivity contribution is -0.117. The number of rotatable bonds is 8. The highest BCUT2D eigenvalue weighted by molar-refractivity contribution is 6.11. The Hall–Kier alpha value is -4.66. The van der Waals surface area contributed by atoms with Gasteiger partial charge >= 0.3 is 0 Å². The zero-order chi connectivity index (χ0) is 25.5. The molecule has 0 radical (unpaired) electrons. The third-order valence-electron chi connectivity index (χ3n) is 5.22. The Labute approximate surface area is 206 Å². The minimum Gasteiger partial charge on any atom is -0.493 e. The molecule has 1 atom stereocenters. The van der Waals surface area contributed by atoms with E-state index in [1.807, 2.05) is 0 Å². The Bertz CT molecular complexity index is 1350. The smallest absolute Gasteiger partial charge is 0.279 e. The summed E-state index contributed by atoms with van der Waals surface area (Å²) in [5.41, 5.74) is 0.748. The minimum atomic E-state index is -1.31. The van der Waals surface area contributed by atoms with Gasteiger partial charge in [0.1, 0.15) is 29.1 Å². The number of carbonyl (C=O) groups excluding carboxylic acids is 2. The zero-order valence-electron chi connectivity index (χ0n) is 19.3. The van der Waals surface area contributed by atoms with E-state index in [2.05, 4.69) is 15.3 Å². The highest BCUT2D eigenvalue weighted by Crippen LogP contribution is 2.35. The standard InChI is InChI=1S/C27H22F2N4O3/c1-2-36-24-9-4-3-8-22(24)25(26(34)32-20-12-10-18(28)11-13-20)33(21-7-5-6-19(29)16-21)27(35)23-17-30-14-15-31-23/h3-17,25H,2H2,1H3,(H,32,34). The summed E-state index contributed by atoms with van der Waals surface area (Å²) in [5, 5.41) is 2.72. The van der Waals surface area contributed by atoms with Gasteiger partial charge in [0.15, 0.2) is 0 Å². The van der Waals surface area contributed by atoms with E-state index < -0.39 is 29.5 Å². The third kappa shape index (κ3) is 5.52. The van der Waals surface area contributed by atoms with Crippen LogP contribution in [-0.4, -0.2) is 28.4 Å². The monoisotopic (exact) mass is 488 g/mol. The summed E-state index contributed by atoms with van der Waals surface area (Å²) in [5.74, 6) is -2.01. The maximum Gasteiger partial charge on any atom is 0.279 e. The Morgan fingerprint density at radius 1 is 0.972 bits per heavy atom. The lowest BCUT2D eigenvalue weighted by Gasteiger charge is -2.32. The normalized spacial score (nSPS) is 11.4. The molecule has 4 aromatic rings. The topological polar surface area (TPSA) is 84.4 Å². The fourth-order valence-corrected chi connectivity index (χ4v) is 3.68. The van der Waals surface area contributed by atoms with Crippen LogP contribution in [0.1, 0.15) is 29.0 Å². The molecule has 1 unspecified atom stereocenters. The maximum atomic E-state index is 14.3. The number of anilines is 2. The van der Waals surface area contributed by atoms with Crippen molar-refractivity contribution in [1.82, 2.24) is 9.97 Å². The van der Waals surface area contributed by atoms with Gasteiger partial charge in [-0.15, -0.1) is 0 Å². The highest BCUT2D eigenvalue weighted by atomic mass is 19.1. The number of benzene rings is 3. The van der Waals surface area contributed by atoms with Crippen LogP contribution in [0.15, 0.2) is 91.4 Å². The molecule has 1 N–H and O–H groups in total. The van der Waals surface area contributed by atoms with E-state index in [9.17, 15) is 18.4 Å². The fourth-order valence-electron chi connectivity index (χ4n) is 3.68. The molecule has 9 heteroatoms. The van der Waals surface area contributed by atoms with Gasteiger partial charge in [-0.2, -0.15) is 0 Å². The SMILES string of the molecule is CCOc1ccccc1C(C(=O)Nc1ccc(F)cc1)N(C(=O)c1cnccn1)c1cccc(F)c1. The van der Waals surface area contributed by atoms with Crippen molar-refractivity contribution in [2.45, 2.75) is 13.0 Å². The quantitative estimate of drug-likeness (QED) is 0.370. The Morgan fingerprint density at radius 3 is 2.44 bits per heavy atom. The molecule has 36 heavy (non-hydrogen) atoms. The van der Waals surface area contributed by atoms with Crippen molar-refractivity contribution in [3.63, 3.8) is 0 Å². The molecular formula is C27H22F2N4O3. The average molecular weight is 488 g/mol. The largest absolute Gasteiger partial charge is 0.493 e. The van der Waals surface area contributed by atoms with Crippen molar-refractivity contribution in [2.24, 2.45) is 0 Å². The van der Waals surface area contributed by atoms with Gasteiger partial charge in [-0.25, -0.2) is 13.8 Å². The van der Waals surface area contributed by atoms with Crippen molar-refractivity contribution >= 4 is 23.2 Å². The molecule has 0 bridgehead atoms. The van der Waals surface area contributed by atoms with E-state index in [4.69, 9.17) is 4.74 Å². The number of para-hydroxylation sites is 1. The Morgan fingerprint density at radius 2 is 1.75 bits per heavy atom. The van der Waals surface area contributed by atoms with Gasteiger partial charge in [-0.1, -0.05) is 24.3 Å². The third-order valence-corrected chi connectivity index (χ3v) is 5.22. The van der Waals surface area contributed by atoms with Crippen LogP contribution in [0.2, 0.25) is 0 Å². The number of halogens is 2. The van der Waals surface area contributed by atoms with Gasteiger partial charge in [-0.05, 0) is 55.5 Å². The number of ether oxygens (including phenoxy) is 1. The predicted molar refractivity (Wildman–Crippen MR) is 131 cm³/mol. The Kier molecular flexibility index (Phi) is 7.60. The molecule has 1 aromatic heterocycles. The number of amides is 2. The van der Waals surface area contributed by atoms with Crippen LogP contribution < -0.4 is 15.0 Å². The second-order valence-corrected chi connectivity index (χ2v) is 7.62. The molecule has 7 nitrogen and oxygen atoms in total. The molecule has 0 spiro atoms. The Balaban J connectivity index is 1.89. The maximum absolute atomic E-state index is 14.3. The van der Waals surface area contributed by atoms with Crippen LogP contribution in [0.25, 0.3) is 0 Å². The van der Waals surface area contributed by atoms with Crippen molar-refractivity contribution < 1.29 is 23.1 Å². The number of aromatic nitrogens is 2. The number of nitrogens with zero attached hydrogens (tertiary/aromatic N) is 3. The first-order valence-electron chi connectivity index (χ1n) is 11.1. The van der Waals surface area contributed by atoms with Crippen LogP contribution in [0.3, 0.4) is 0 Å². The van der Waals surface area contributed by atoms with E-state index in [0.29, 0.717) is 23.6 Å². The summed E-state index contributed by atoms with van der Waals surface area (Å²) >= 11 is 0. The van der Waals surface area contributed by atoms with E-state index in [0.717, 1.165) is 11.0 Å². The van der Waals surface area contributed by atoms with Crippen LogP contribution in [0.5, 0.6) is 5.75 Å². The van der Waals surface area contributed by atoms with Crippen molar-refractivity contribution in [3.8, 4) is 5.75 Å². The molecule has 0 aliphatic rings. The lowest BCUT2D eigenvalue weighted by Crippen LogP contribution is -2.42. The molecule has 182 valence electrons. The van der Waals surface area contributed by atoms with E-state index in [1.54, 1.807) is 31.2 Å². The van der Waals surface area contributed by atoms with Crippen molar-refractivity contribution in [3.05, 3.63) is 114 Å². The minimum absolute atomic E-state index is 0.0461. The molecular weight excluding hydrogens is 466 g/mol. The highest BCUT2D eigenvalue weighted by Gasteiger charge is 2.36. The zero-order valence-corrected chi connectivity index (χ0v) is 19.3. The molecule has 0 aliphatic heterocycles. The van der Waals surface area contributed by atoms with E-state index >= 15 is 0 Å². The van der Waals surface area contributed by atoms with Crippen molar-refractivity contribution in [1.29, 1.82) is 0 Å². The van der Waals surface area contributed by atoms with Crippen LogP contribution >= 0.6 is 0 Å². The van der Waals surface area contributed by atoms with Crippen LogP contribution in [0, 0.1) is 11.6 Å². The summed E-state index contributed by atoms with van der Waals surface area (Å²) in [6.07, 6.45) is 4.02. The number of hydrogen-bond acceptors (Lipinski definition) is 5. The molecule has 1 heterocycles. The summed E-state index contributed by atoms with van der Waals surface area (Å²) < 4.78 is 33.5. The first-order chi connectivity index (χ1) is 17.5. The van der Waals surface area contributed by atoms with Gasteiger partial charge in [-0.3, -0.25) is 19.5 Å². The van der Waals surface area contributed by atoms with Crippen molar-refractivity contribution in [2.75, 3.05) is 16.8 Å². The molecule has 0 fully saturated rings. The number of hydrogen-bond donors (Lipinski definition) is 1. The molecule has 2 amide bonds. The first kappa shape index (κ1) is 24.5. The number of nitrogens with one attached hydrogen (secondary N) is 1. The molecule has 0 saturated heterocycles. The predicted octanol–water partition coefficient (Wildman–Crippen LogP) is 5.18. The molecule has 3 aromatic carbocycles. The molecule has 0 aliphatic carbocycles.